The van der Waals surface area contributed by atoms with Crippen molar-refractivity contribution in [2.45, 2.75) is 26.5 Å². The number of aryl methyl sites for hydroxylation is 1. The number of ether oxygens (including phenoxy) is 1. The number of nitrogens with zero attached hydrogens (tertiary/aromatic N) is 4. The highest BCUT2D eigenvalue weighted by Gasteiger charge is 2.12. The second-order valence-electron chi connectivity index (χ2n) is 6.80. The third-order valence-corrected chi connectivity index (χ3v) is 5.42. The summed E-state index contributed by atoms with van der Waals surface area (Å²) in [7, 11) is 0. The average molecular weight is 420 g/mol. The summed E-state index contributed by atoms with van der Waals surface area (Å²) in [6, 6.07) is 14.8. The second kappa shape index (κ2) is 8.87. The summed E-state index contributed by atoms with van der Waals surface area (Å²) in [5.41, 5.74) is 3.41. The molecule has 7 nitrogen and oxygen atoms in total. The number of hydrogen-bond acceptors (Lipinski definition) is 6. The van der Waals surface area contributed by atoms with Gasteiger partial charge in [0.2, 0.25) is 0 Å². The zero-order valence-corrected chi connectivity index (χ0v) is 17.5. The van der Waals surface area contributed by atoms with Crippen molar-refractivity contribution < 1.29 is 9.53 Å². The van der Waals surface area contributed by atoms with Gasteiger partial charge in [-0.15, -0.1) is 11.3 Å². The Morgan fingerprint density at radius 1 is 1.17 bits per heavy atom. The van der Waals surface area contributed by atoms with Crippen molar-refractivity contribution in [3.05, 3.63) is 88.4 Å². The van der Waals surface area contributed by atoms with Crippen molar-refractivity contribution in [1.82, 2.24) is 25.1 Å². The Bertz CT molecular complexity index is 1110. The Hall–Kier alpha value is -3.52. The Labute approximate surface area is 178 Å². The average Bonchev–Trinajstić information content (AvgIpc) is 3.44. The van der Waals surface area contributed by atoms with Crippen LogP contribution >= 0.6 is 11.3 Å². The maximum Gasteiger partial charge on any atom is 0.251 e. The van der Waals surface area contributed by atoms with E-state index in [0.29, 0.717) is 17.9 Å². The molecule has 4 aromatic rings. The smallest absolute Gasteiger partial charge is 0.251 e. The van der Waals surface area contributed by atoms with Crippen LogP contribution in [0.2, 0.25) is 0 Å². The predicted octanol–water partition coefficient (Wildman–Crippen LogP) is 4.10. The normalized spacial score (nSPS) is 11.8. The Balaban J connectivity index is 1.33. The molecule has 0 aliphatic heterocycles. The first-order valence-electron chi connectivity index (χ1n) is 9.48. The lowest BCUT2D eigenvalue weighted by molar-refractivity contribution is 0.0940. The SMILES string of the molecule is Cc1nc(COc2ccc(C(=O)N[C@H](C)c3ccc(-n4cncn4)cc3)cc2)cs1. The highest BCUT2D eigenvalue weighted by Crippen LogP contribution is 2.18. The van der Waals surface area contributed by atoms with Crippen LogP contribution < -0.4 is 10.1 Å². The molecule has 0 spiro atoms. The number of carbonyl (C=O) groups is 1. The number of rotatable bonds is 7. The van der Waals surface area contributed by atoms with Gasteiger partial charge in [-0.25, -0.2) is 14.6 Å². The maximum atomic E-state index is 12.6. The fourth-order valence-corrected chi connectivity index (χ4v) is 3.55. The Morgan fingerprint density at radius 3 is 2.57 bits per heavy atom. The molecule has 30 heavy (non-hydrogen) atoms. The van der Waals surface area contributed by atoms with Crippen LogP contribution in [0.1, 0.15) is 39.6 Å². The van der Waals surface area contributed by atoms with Gasteiger partial charge in [0.1, 0.15) is 25.0 Å². The zero-order chi connectivity index (χ0) is 20.9. The van der Waals surface area contributed by atoms with E-state index >= 15 is 0 Å². The lowest BCUT2D eigenvalue weighted by atomic mass is 10.1. The van der Waals surface area contributed by atoms with Crippen molar-refractivity contribution in [2.75, 3.05) is 0 Å². The summed E-state index contributed by atoms with van der Waals surface area (Å²) in [4.78, 5) is 20.9. The van der Waals surface area contributed by atoms with Crippen molar-refractivity contribution in [3.63, 3.8) is 0 Å². The summed E-state index contributed by atoms with van der Waals surface area (Å²) in [6.45, 7) is 4.33. The van der Waals surface area contributed by atoms with Crippen LogP contribution in [0.3, 0.4) is 0 Å². The molecule has 1 atom stereocenters. The minimum Gasteiger partial charge on any atom is -0.487 e. The molecule has 2 aromatic heterocycles. The molecule has 1 amide bonds. The van der Waals surface area contributed by atoms with Gasteiger partial charge in [0.25, 0.3) is 5.91 Å². The molecule has 4 rings (SSSR count). The number of benzene rings is 2. The van der Waals surface area contributed by atoms with Gasteiger partial charge in [-0.05, 0) is 55.8 Å². The summed E-state index contributed by atoms with van der Waals surface area (Å²) in [6.07, 6.45) is 3.14. The standard InChI is InChI=1S/C22H21N5O2S/c1-15(17-3-7-20(8-4-17)27-14-23-13-24-27)25-22(28)18-5-9-21(10-6-18)29-11-19-12-30-16(2)26-19/h3-10,12-15H,11H2,1-2H3,(H,25,28)/t15-/m1/s1. The van der Waals surface area contributed by atoms with E-state index in [2.05, 4.69) is 20.4 Å². The molecule has 0 saturated heterocycles. The van der Waals surface area contributed by atoms with E-state index in [1.807, 2.05) is 43.5 Å². The van der Waals surface area contributed by atoms with Crippen LogP contribution in [0.15, 0.2) is 66.6 Å². The minimum atomic E-state index is -0.135. The van der Waals surface area contributed by atoms with Gasteiger partial charge in [-0.2, -0.15) is 5.10 Å². The van der Waals surface area contributed by atoms with E-state index in [0.717, 1.165) is 22.0 Å². The van der Waals surface area contributed by atoms with Gasteiger partial charge in [0, 0.05) is 10.9 Å². The number of thiazole rings is 1. The van der Waals surface area contributed by atoms with Crippen LogP contribution in [0.5, 0.6) is 5.75 Å². The number of hydrogen-bond donors (Lipinski definition) is 1. The third-order valence-electron chi connectivity index (χ3n) is 4.59. The van der Waals surface area contributed by atoms with E-state index in [-0.39, 0.29) is 11.9 Å². The molecule has 0 saturated carbocycles. The molecule has 0 aliphatic carbocycles. The van der Waals surface area contributed by atoms with E-state index in [4.69, 9.17) is 4.74 Å². The van der Waals surface area contributed by atoms with Gasteiger partial charge in [0.15, 0.2) is 0 Å². The first-order valence-corrected chi connectivity index (χ1v) is 10.4. The molecule has 152 valence electrons. The summed E-state index contributed by atoms with van der Waals surface area (Å²) in [5.74, 6) is 0.568. The monoisotopic (exact) mass is 419 g/mol. The number of nitrogens with one attached hydrogen (secondary N) is 1. The van der Waals surface area contributed by atoms with E-state index in [1.165, 1.54) is 6.33 Å². The summed E-state index contributed by atoms with van der Waals surface area (Å²) >= 11 is 1.60. The van der Waals surface area contributed by atoms with Crippen molar-refractivity contribution in [2.24, 2.45) is 0 Å². The third kappa shape index (κ3) is 4.72. The van der Waals surface area contributed by atoms with Gasteiger partial charge < -0.3 is 10.1 Å². The Morgan fingerprint density at radius 2 is 1.93 bits per heavy atom. The first kappa shape index (κ1) is 19.8. The van der Waals surface area contributed by atoms with E-state index in [9.17, 15) is 4.79 Å². The molecule has 2 heterocycles. The quantitative estimate of drug-likeness (QED) is 0.488. The lowest BCUT2D eigenvalue weighted by Gasteiger charge is -2.15. The molecule has 0 fully saturated rings. The van der Waals surface area contributed by atoms with Crippen molar-refractivity contribution >= 4 is 17.2 Å². The molecular formula is C22H21N5O2S. The second-order valence-corrected chi connectivity index (χ2v) is 7.86. The van der Waals surface area contributed by atoms with Gasteiger partial charge in [-0.3, -0.25) is 4.79 Å². The highest BCUT2D eigenvalue weighted by atomic mass is 32.1. The van der Waals surface area contributed by atoms with E-state index < -0.39 is 0 Å². The van der Waals surface area contributed by atoms with Gasteiger partial charge in [-0.1, -0.05) is 12.1 Å². The predicted molar refractivity (Wildman–Crippen MR) is 115 cm³/mol. The maximum absolute atomic E-state index is 12.6. The van der Waals surface area contributed by atoms with Gasteiger partial charge in [0.05, 0.1) is 22.4 Å². The number of amides is 1. The number of carbonyl (C=O) groups excluding carboxylic acids is 1. The van der Waals surface area contributed by atoms with Crippen molar-refractivity contribution in [3.8, 4) is 11.4 Å². The zero-order valence-electron chi connectivity index (χ0n) is 16.6. The minimum absolute atomic E-state index is 0.133. The fraction of sp³-hybridized carbons (Fsp3) is 0.182. The molecule has 0 bridgehead atoms. The number of aromatic nitrogens is 4. The largest absolute Gasteiger partial charge is 0.487 e. The molecule has 0 unspecified atom stereocenters. The molecule has 0 aliphatic rings. The fourth-order valence-electron chi connectivity index (χ4n) is 2.95. The highest BCUT2D eigenvalue weighted by molar-refractivity contribution is 7.09. The first-order chi connectivity index (χ1) is 14.6. The van der Waals surface area contributed by atoms with Crippen LogP contribution in [0, 0.1) is 6.92 Å². The summed E-state index contributed by atoms with van der Waals surface area (Å²) < 4.78 is 7.42. The molecule has 2 aromatic carbocycles. The van der Waals surface area contributed by atoms with Crippen LogP contribution in [-0.4, -0.2) is 25.7 Å². The Kier molecular flexibility index (Phi) is 5.85. The molecule has 8 heteroatoms. The topological polar surface area (TPSA) is 81.9 Å². The van der Waals surface area contributed by atoms with E-state index in [1.54, 1.807) is 46.6 Å². The van der Waals surface area contributed by atoms with Crippen LogP contribution in [-0.2, 0) is 6.61 Å². The van der Waals surface area contributed by atoms with Crippen LogP contribution in [0.4, 0.5) is 0 Å². The van der Waals surface area contributed by atoms with Gasteiger partial charge >= 0.3 is 0 Å². The summed E-state index contributed by atoms with van der Waals surface area (Å²) in [5, 5.41) is 10.1. The van der Waals surface area contributed by atoms with Crippen molar-refractivity contribution in [1.29, 1.82) is 0 Å². The molecule has 1 N–H and O–H groups in total. The molecule has 0 radical (unpaired) electrons. The molecular weight excluding hydrogens is 398 g/mol. The van der Waals surface area contributed by atoms with Crippen LogP contribution in [0.25, 0.3) is 5.69 Å². The lowest BCUT2D eigenvalue weighted by Crippen LogP contribution is -2.26.